The predicted molar refractivity (Wildman–Crippen MR) is 124 cm³/mol. The molecular formula is C24H18Cl2FN3O3. The van der Waals surface area contributed by atoms with Crippen LogP contribution in [0.25, 0.3) is 11.8 Å². The molecule has 0 unspecified atom stereocenters. The number of fused-ring (bicyclic) bond motifs is 1. The zero-order valence-corrected chi connectivity index (χ0v) is 19.2. The van der Waals surface area contributed by atoms with Crippen LogP contribution in [-0.2, 0) is 6.54 Å². The molecule has 0 saturated carbocycles. The number of nitriles is 1. The summed E-state index contributed by atoms with van der Waals surface area (Å²) in [4.78, 5) is 14.9. The smallest absolute Gasteiger partial charge is 0.271 e. The van der Waals surface area contributed by atoms with E-state index in [9.17, 15) is 9.18 Å². The molecule has 33 heavy (non-hydrogen) atoms. The van der Waals surface area contributed by atoms with Gasteiger partial charge in [0.25, 0.3) is 5.91 Å². The third-order valence-corrected chi connectivity index (χ3v) is 6.10. The van der Waals surface area contributed by atoms with Gasteiger partial charge in [0.05, 0.1) is 37.9 Å². The topological polar surface area (TPSA) is 67.5 Å². The zero-order chi connectivity index (χ0) is 23.7. The molecule has 168 valence electrons. The summed E-state index contributed by atoms with van der Waals surface area (Å²) in [6, 6.07) is 12.9. The normalized spacial score (nSPS) is 14.2. The summed E-state index contributed by atoms with van der Waals surface area (Å²) in [7, 11) is 3.11. The van der Waals surface area contributed by atoms with Gasteiger partial charge in [0.2, 0.25) is 0 Å². The van der Waals surface area contributed by atoms with Gasteiger partial charge in [-0.15, -0.1) is 0 Å². The fraction of sp³-hybridized carbons (Fsp3) is 0.167. The van der Waals surface area contributed by atoms with Crippen LogP contribution in [0.1, 0.15) is 27.2 Å². The van der Waals surface area contributed by atoms with Crippen LogP contribution in [-0.4, -0.2) is 36.1 Å². The molecule has 0 spiro atoms. The Balaban J connectivity index is 1.77. The number of benzene rings is 2. The van der Waals surface area contributed by atoms with Crippen molar-refractivity contribution in [2.24, 2.45) is 0 Å². The van der Waals surface area contributed by atoms with Crippen molar-refractivity contribution in [1.29, 1.82) is 5.26 Å². The summed E-state index contributed by atoms with van der Waals surface area (Å²) in [5.74, 6) is 0.366. The minimum Gasteiger partial charge on any atom is -0.497 e. The van der Waals surface area contributed by atoms with Gasteiger partial charge in [-0.3, -0.25) is 9.36 Å². The van der Waals surface area contributed by atoms with Crippen LogP contribution in [0.15, 0.2) is 42.5 Å². The van der Waals surface area contributed by atoms with E-state index in [0.717, 1.165) is 5.56 Å². The lowest BCUT2D eigenvalue weighted by Crippen LogP contribution is -2.38. The Morgan fingerprint density at radius 1 is 1.15 bits per heavy atom. The quantitative estimate of drug-likeness (QED) is 0.479. The van der Waals surface area contributed by atoms with E-state index in [4.69, 9.17) is 37.9 Å². The van der Waals surface area contributed by atoms with Gasteiger partial charge in [0.15, 0.2) is 0 Å². The van der Waals surface area contributed by atoms with Crippen LogP contribution in [0.4, 0.5) is 4.39 Å². The number of halogens is 3. The minimum absolute atomic E-state index is 0.0760. The Kier molecular flexibility index (Phi) is 6.32. The first-order valence-electron chi connectivity index (χ1n) is 9.83. The molecule has 0 bridgehead atoms. The van der Waals surface area contributed by atoms with Gasteiger partial charge in [0.1, 0.15) is 34.2 Å². The first-order chi connectivity index (χ1) is 15.9. The van der Waals surface area contributed by atoms with Crippen LogP contribution in [0.3, 0.4) is 0 Å². The summed E-state index contributed by atoms with van der Waals surface area (Å²) < 4.78 is 26.1. The van der Waals surface area contributed by atoms with Gasteiger partial charge < -0.3 is 14.4 Å². The van der Waals surface area contributed by atoms with E-state index >= 15 is 0 Å². The molecule has 0 N–H and O–H groups in total. The number of rotatable bonds is 5. The summed E-state index contributed by atoms with van der Waals surface area (Å²) in [6.45, 7) is 0.460. The van der Waals surface area contributed by atoms with Crippen molar-refractivity contribution in [3.8, 4) is 17.6 Å². The molecule has 2 heterocycles. The van der Waals surface area contributed by atoms with E-state index < -0.39 is 5.82 Å². The highest BCUT2D eigenvalue weighted by Gasteiger charge is 2.31. The van der Waals surface area contributed by atoms with Gasteiger partial charge in [-0.1, -0.05) is 29.3 Å². The van der Waals surface area contributed by atoms with E-state index in [2.05, 4.69) is 0 Å². The molecule has 9 heteroatoms. The summed E-state index contributed by atoms with van der Waals surface area (Å²) in [6.07, 6.45) is 1.75. The van der Waals surface area contributed by atoms with Crippen LogP contribution in [0, 0.1) is 17.1 Å². The van der Waals surface area contributed by atoms with E-state index in [1.807, 2.05) is 12.1 Å². The number of aromatic nitrogens is 1. The van der Waals surface area contributed by atoms with Gasteiger partial charge in [-0.05, 0) is 42.0 Å². The van der Waals surface area contributed by atoms with Gasteiger partial charge in [-0.25, -0.2) is 4.39 Å². The molecule has 3 aromatic rings. The molecule has 6 nitrogen and oxygen atoms in total. The number of amides is 1. The van der Waals surface area contributed by atoms with Crippen molar-refractivity contribution in [2.75, 3.05) is 20.8 Å². The third kappa shape index (κ3) is 4.28. The lowest BCUT2D eigenvalue weighted by Gasteiger charge is -2.31. The molecule has 0 aliphatic carbocycles. The van der Waals surface area contributed by atoms with Crippen molar-refractivity contribution in [1.82, 2.24) is 9.47 Å². The van der Waals surface area contributed by atoms with E-state index in [1.165, 1.54) is 18.2 Å². The largest absolute Gasteiger partial charge is 0.497 e. The highest BCUT2D eigenvalue weighted by Crippen LogP contribution is 2.36. The zero-order valence-electron chi connectivity index (χ0n) is 17.7. The Labute approximate surface area is 200 Å². The average molecular weight is 486 g/mol. The second kappa shape index (κ2) is 9.18. The number of carbonyl (C=O) groups is 1. The lowest BCUT2D eigenvalue weighted by atomic mass is 10.1. The van der Waals surface area contributed by atoms with E-state index in [-0.39, 0.29) is 34.7 Å². The molecule has 0 radical (unpaired) electrons. The molecule has 1 amide bonds. The molecular weight excluding hydrogens is 468 g/mol. The van der Waals surface area contributed by atoms with Crippen molar-refractivity contribution < 1.29 is 18.7 Å². The van der Waals surface area contributed by atoms with Crippen molar-refractivity contribution in [2.45, 2.75) is 6.54 Å². The van der Waals surface area contributed by atoms with Crippen molar-refractivity contribution in [3.05, 3.63) is 80.8 Å². The third-order valence-electron chi connectivity index (χ3n) is 5.34. The van der Waals surface area contributed by atoms with E-state index in [1.54, 1.807) is 48.0 Å². The molecule has 1 aliphatic heterocycles. The Hall–Kier alpha value is -3.47. The molecule has 1 aromatic heterocycles. The first kappa shape index (κ1) is 22.7. The number of nitrogens with zero attached hydrogens (tertiary/aromatic N) is 3. The fourth-order valence-corrected chi connectivity index (χ4v) is 4.17. The first-order valence-corrected chi connectivity index (χ1v) is 10.6. The Bertz CT molecular complexity index is 1330. The molecule has 0 saturated heterocycles. The predicted octanol–water partition coefficient (Wildman–Crippen LogP) is 5.48. The number of methoxy groups -OCH3 is 2. The maximum absolute atomic E-state index is 13.8. The maximum Gasteiger partial charge on any atom is 0.271 e. The molecule has 0 atom stereocenters. The van der Waals surface area contributed by atoms with Crippen molar-refractivity contribution >= 4 is 40.9 Å². The summed E-state index contributed by atoms with van der Waals surface area (Å²) in [5.41, 5.74) is 2.25. The molecule has 2 aromatic carbocycles. The van der Waals surface area contributed by atoms with Crippen LogP contribution in [0.5, 0.6) is 11.5 Å². The van der Waals surface area contributed by atoms with Crippen LogP contribution >= 0.6 is 23.2 Å². The van der Waals surface area contributed by atoms with Crippen LogP contribution < -0.4 is 9.47 Å². The Morgan fingerprint density at radius 2 is 1.94 bits per heavy atom. The minimum atomic E-state index is -0.602. The van der Waals surface area contributed by atoms with Gasteiger partial charge in [-0.2, -0.15) is 5.26 Å². The molecule has 0 fully saturated rings. The number of ether oxygens (including phenoxy) is 2. The van der Waals surface area contributed by atoms with Crippen LogP contribution in [0.2, 0.25) is 10.2 Å². The average Bonchev–Trinajstić information content (AvgIpc) is 3.13. The second-order valence-electron chi connectivity index (χ2n) is 7.33. The van der Waals surface area contributed by atoms with Crippen molar-refractivity contribution in [3.63, 3.8) is 0 Å². The second-order valence-corrected chi connectivity index (χ2v) is 8.09. The monoisotopic (exact) mass is 485 g/mol. The highest BCUT2D eigenvalue weighted by molar-refractivity contribution is 6.42. The van der Waals surface area contributed by atoms with Gasteiger partial charge in [0, 0.05) is 17.3 Å². The summed E-state index contributed by atoms with van der Waals surface area (Å²) >= 11 is 12.6. The highest BCUT2D eigenvalue weighted by atomic mass is 35.5. The lowest BCUT2D eigenvalue weighted by molar-refractivity contribution is 0.0740. The standard InChI is InChI=1S/C24H18Cl2FN3O3/c1-32-18-5-4-15(22(9-18)33-2)12-29-13-17(8-14-3-6-20(27)16(7-14)11-28)30-21(24(29)31)10-19(25)23(30)26/h3-10H,12-13H2,1-2H3/b17-8+. The number of carbonyl (C=O) groups excluding carboxylic acids is 1. The van der Waals surface area contributed by atoms with Gasteiger partial charge >= 0.3 is 0 Å². The molecule has 4 rings (SSSR count). The number of hydrogen-bond donors (Lipinski definition) is 0. The van der Waals surface area contributed by atoms with E-state index in [0.29, 0.717) is 28.5 Å². The maximum atomic E-state index is 13.8. The molecule has 1 aliphatic rings. The fourth-order valence-electron chi connectivity index (χ4n) is 3.73. The SMILES string of the molecule is COc1ccc(CN2C/C(=C\c3ccc(F)c(C#N)c3)n3c(cc(Cl)c3Cl)C2=O)c(OC)c1. The Morgan fingerprint density at radius 3 is 2.64 bits per heavy atom. The summed E-state index contributed by atoms with van der Waals surface area (Å²) in [5, 5.41) is 9.60. The number of hydrogen-bond acceptors (Lipinski definition) is 4.